The molecule has 7 heteroatoms. The molecule has 0 N–H and O–H groups in total. The lowest BCUT2D eigenvalue weighted by Gasteiger charge is -2.36. The molecule has 1 fully saturated rings. The van der Waals surface area contributed by atoms with Gasteiger partial charge in [-0.05, 0) is 19.1 Å². The number of pyridine rings is 1. The van der Waals surface area contributed by atoms with Gasteiger partial charge in [-0.3, -0.25) is 0 Å². The Morgan fingerprint density at radius 3 is 2.95 bits per heavy atom. The predicted molar refractivity (Wildman–Crippen MR) is 73.5 cm³/mol. The van der Waals surface area contributed by atoms with Gasteiger partial charge < -0.3 is 14.1 Å². The van der Waals surface area contributed by atoms with E-state index in [4.69, 9.17) is 9.15 Å². The minimum absolute atomic E-state index is 0.0114. The van der Waals surface area contributed by atoms with Crippen LogP contribution in [0.15, 0.2) is 22.7 Å². The maximum absolute atomic E-state index is 9.19. The monoisotopic (exact) mass is 285 g/mol. The van der Waals surface area contributed by atoms with Crippen LogP contribution in [0.25, 0.3) is 0 Å². The summed E-state index contributed by atoms with van der Waals surface area (Å²) in [7, 11) is 0. The van der Waals surface area contributed by atoms with Gasteiger partial charge in [0.1, 0.15) is 6.07 Å². The Kier molecular flexibility index (Phi) is 3.54. The number of hydrogen-bond donors (Lipinski definition) is 0. The molecule has 1 aliphatic rings. The number of rotatable bonds is 2. The first kappa shape index (κ1) is 13.5. The van der Waals surface area contributed by atoms with E-state index in [2.05, 4.69) is 26.2 Å². The normalized spacial score (nSPS) is 22.0. The van der Waals surface area contributed by atoms with Crippen molar-refractivity contribution in [3.63, 3.8) is 0 Å². The Bertz CT molecular complexity index is 678. The molecule has 3 rings (SSSR count). The fourth-order valence-corrected chi connectivity index (χ4v) is 2.46. The number of aryl methyl sites for hydroxylation is 1. The maximum atomic E-state index is 9.19. The van der Waals surface area contributed by atoms with Crippen LogP contribution >= 0.6 is 0 Å². The highest BCUT2D eigenvalue weighted by atomic mass is 16.5. The topological polar surface area (TPSA) is 88.1 Å². The van der Waals surface area contributed by atoms with Crippen molar-refractivity contribution in [1.29, 1.82) is 5.26 Å². The highest BCUT2D eigenvalue weighted by Crippen LogP contribution is 2.29. The van der Waals surface area contributed by atoms with Crippen molar-refractivity contribution in [2.24, 2.45) is 0 Å². The first-order chi connectivity index (χ1) is 10.2. The average Bonchev–Trinajstić information content (AvgIpc) is 2.93. The molecule has 2 aromatic rings. The third-order valence-electron chi connectivity index (χ3n) is 3.31. The molecule has 0 bridgehead atoms. The lowest BCUT2D eigenvalue weighted by atomic mass is 10.1. The lowest BCUT2D eigenvalue weighted by molar-refractivity contribution is -0.0311. The van der Waals surface area contributed by atoms with Gasteiger partial charge >= 0.3 is 0 Å². The summed E-state index contributed by atoms with van der Waals surface area (Å²) in [5.74, 6) is 0.976. The predicted octanol–water partition coefficient (Wildman–Crippen LogP) is 1.61. The summed E-state index contributed by atoms with van der Waals surface area (Å²) < 4.78 is 11.3. The summed E-state index contributed by atoms with van der Waals surface area (Å²) >= 11 is 0. The summed E-state index contributed by atoms with van der Waals surface area (Å²) in [5.41, 5.74) is 1.21. The van der Waals surface area contributed by atoms with Crippen LogP contribution in [0, 0.1) is 18.3 Å². The third kappa shape index (κ3) is 2.71. The second-order valence-electron chi connectivity index (χ2n) is 4.98. The minimum atomic E-state index is -0.304. The van der Waals surface area contributed by atoms with E-state index < -0.39 is 0 Å². The Labute approximate surface area is 122 Å². The van der Waals surface area contributed by atoms with Gasteiger partial charge in [-0.2, -0.15) is 5.26 Å². The van der Waals surface area contributed by atoms with Crippen molar-refractivity contribution in [3.05, 3.63) is 35.8 Å². The first-order valence-corrected chi connectivity index (χ1v) is 6.73. The maximum Gasteiger partial charge on any atom is 0.247 e. The van der Waals surface area contributed by atoms with Gasteiger partial charge in [-0.1, -0.05) is 0 Å². The smallest absolute Gasteiger partial charge is 0.247 e. The van der Waals surface area contributed by atoms with Crippen molar-refractivity contribution in [3.8, 4) is 6.07 Å². The summed E-state index contributed by atoms with van der Waals surface area (Å²) in [6, 6.07) is 5.83. The molecule has 3 heterocycles. The molecule has 0 aliphatic carbocycles. The molecule has 7 nitrogen and oxygen atoms in total. The molecule has 0 radical (unpaired) electrons. The molecule has 0 saturated carbocycles. The number of aromatic nitrogens is 3. The van der Waals surface area contributed by atoms with Gasteiger partial charge in [0.25, 0.3) is 0 Å². The van der Waals surface area contributed by atoms with E-state index in [0.717, 1.165) is 5.69 Å². The minimum Gasteiger partial charge on any atom is -0.423 e. The van der Waals surface area contributed by atoms with Gasteiger partial charge in [0, 0.05) is 19.7 Å². The summed E-state index contributed by atoms with van der Waals surface area (Å²) in [5, 5.41) is 17.1. The van der Waals surface area contributed by atoms with Gasteiger partial charge in [0.2, 0.25) is 11.8 Å². The van der Waals surface area contributed by atoms with Gasteiger partial charge in [-0.15, -0.1) is 10.2 Å². The SMILES string of the molecule is Cc1nnc([C@H]2CN(c3cccnc3C#N)C[C@@H](C)O2)o1. The van der Waals surface area contributed by atoms with Crippen LogP contribution in [-0.4, -0.2) is 34.4 Å². The van der Waals surface area contributed by atoms with Crippen LogP contribution in [0.3, 0.4) is 0 Å². The zero-order chi connectivity index (χ0) is 14.8. The summed E-state index contributed by atoms with van der Waals surface area (Å²) in [6.45, 7) is 4.95. The Hall–Kier alpha value is -2.46. The van der Waals surface area contributed by atoms with Crippen molar-refractivity contribution < 1.29 is 9.15 Å². The molecular formula is C14H15N5O2. The first-order valence-electron chi connectivity index (χ1n) is 6.73. The molecule has 0 aromatic carbocycles. The highest BCUT2D eigenvalue weighted by molar-refractivity contribution is 5.56. The molecule has 0 amide bonds. The standard InChI is InChI=1S/C14H15N5O2/c1-9-7-19(12-4-3-5-16-11(12)6-15)8-13(20-9)14-18-17-10(2)21-14/h3-5,9,13H,7-8H2,1-2H3/t9-,13-/m1/s1. The average molecular weight is 285 g/mol. The van der Waals surface area contributed by atoms with Crippen molar-refractivity contribution in [2.75, 3.05) is 18.0 Å². The van der Waals surface area contributed by atoms with Crippen molar-refractivity contribution in [2.45, 2.75) is 26.1 Å². The Morgan fingerprint density at radius 2 is 2.24 bits per heavy atom. The number of nitrogens with zero attached hydrogens (tertiary/aromatic N) is 5. The number of nitriles is 1. The Balaban J connectivity index is 1.88. The van der Waals surface area contributed by atoms with Crippen LogP contribution < -0.4 is 4.90 Å². The molecule has 0 spiro atoms. The molecule has 1 saturated heterocycles. The molecule has 0 unspecified atom stereocenters. The second kappa shape index (κ2) is 5.50. The van der Waals surface area contributed by atoms with Crippen LogP contribution in [-0.2, 0) is 4.74 Å². The number of ether oxygens (including phenoxy) is 1. The molecule has 2 atom stereocenters. The number of hydrogen-bond acceptors (Lipinski definition) is 7. The van der Waals surface area contributed by atoms with Crippen LogP contribution in [0.2, 0.25) is 0 Å². The fourth-order valence-electron chi connectivity index (χ4n) is 2.46. The van der Waals surface area contributed by atoms with E-state index in [1.165, 1.54) is 0 Å². The van der Waals surface area contributed by atoms with E-state index in [1.54, 1.807) is 13.1 Å². The van der Waals surface area contributed by atoms with E-state index >= 15 is 0 Å². The van der Waals surface area contributed by atoms with Crippen LogP contribution in [0.1, 0.15) is 30.5 Å². The molecular weight excluding hydrogens is 270 g/mol. The fraction of sp³-hybridized carbons (Fsp3) is 0.429. The number of anilines is 1. The van der Waals surface area contributed by atoms with Crippen molar-refractivity contribution >= 4 is 5.69 Å². The van der Waals surface area contributed by atoms with E-state index in [1.807, 2.05) is 19.1 Å². The molecule has 21 heavy (non-hydrogen) atoms. The van der Waals surface area contributed by atoms with Gasteiger partial charge in [0.15, 0.2) is 11.8 Å². The molecule has 1 aliphatic heterocycles. The third-order valence-corrected chi connectivity index (χ3v) is 3.31. The quantitative estimate of drug-likeness (QED) is 0.828. The van der Waals surface area contributed by atoms with Crippen molar-refractivity contribution in [1.82, 2.24) is 15.2 Å². The second-order valence-corrected chi connectivity index (χ2v) is 4.98. The Morgan fingerprint density at radius 1 is 1.38 bits per heavy atom. The van der Waals surface area contributed by atoms with E-state index in [9.17, 15) is 5.26 Å². The van der Waals surface area contributed by atoms with Crippen LogP contribution in [0.4, 0.5) is 5.69 Å². The lowest BCUT2D eigenvalue weighted by Crippen LogP contribution is -2.43. The zero-order valence-corrected chi connectivity index (χ0v) is 11.9. The van der Waals surface area contributed by atoms with Gasteiger partial charge in [-0.25, -0.2) is 4.98 Å². The summed E-state index contributed by atoms with van der Waals surface area (Å²) in [4.78, 5) is 6.18. The summed E-state index contributed by atoms with van der Waals surface area (Å²) in [6.07, 6.45) is 1.30. The van der Waals surface area contributed by atoms with E-state index in [0.29, 0.717) is 30.6 Å². The molecule has 108 valence electrons. The largest absolute Gasteiger partial charge is 0.423 e. The van der Waals surface area contributed by atoms with Gasteiger partial charge in [0.05, 0.1) is 18.3 Å². The zero-order valence-electron chi connectivity index (χ0n) is 11.9. The molecule has 2 aromatic heterocycles. The number of morpholine rings is 1. The van der Waals surface area contributed by atoms with E-state index in [-0.39, 0.29) is 12.2 Å². The van der Waals surface area contributed by atoms with Crippen LogP contribution in [0.5, 0.6) is 0 Å². The highest BCUT2D eigenvalue weighted by Gasteiger charge is 2.31.